The molecule has 0 aliphatic rings. The summed E-state index contributed by atoms with van der Waals surface area (Å²) in [5.41, 5.74) is 2.60. The van der Waals surface area contributed by atoms with E-state index in [1.165, 1.54) is 7.11 Å². The van der Waals surface area contributed by atoms with Crippen LogP contribution in [0.15, 0.2) is 12.1 Å². The number of hydrogen-bond acceptors (Lipinski definition) is 3. The van der Waals surface area contributed by atoms with Crippen LogP contribution in [0.25, 0.3) is 0 Å². The Morgan fingerprint density at radius 2 is 2.07 bits per heavy atom. The van der Waals surface area contributed by atoms with Crippen molar-refractivity contribution < 1.29 is 14.6 Å². The first-order valence-electron chi connectivity index (χ1n) is 4.40. The Morgan fingerprint density at radius 1 is 1.43 bits per heavy atom. The van der Waals surface area contributed by atoms with Crippen LogP contribution in [0.5, 0.6) is 5.75 Å². The van der Waals surface area contributed by atoms with Crippen LogP contribution < -0.4 is 0 Å². The predicted molar refractivity (Wildman–Crippen MR) is 53.3 cm³/mol. The van der Waals surface area contributed by atoms with E-state index in [-0.39, 0.29) is 18.1 Å². The summed E-state index contributed by atoms with van der Waals surface area (Å²) in [7, 11) is 1.35. The van der Waals surface area contributed by atoms with Crippen LogP contribution in [0, 0.1) is 13.8 Å². The van der Waals surface area contributed by atoms with E-state index in [1.54, 1.807) is 6.07 Å². The summed E-state index contributed by atoms with van der Waals surface area (Å²) >= 11 is 0. The maximum atomic E-state index is 11.0. The second-order valence-corrected chi connectivity index (χ2v) is 3.31. The number of carbonyl (C=O) groups is 1. The fourth-order valence-electron chi connectivity index (χ4n) is 1.25. The number of phenolic OH excluding ortho intramolecular Hbond substituents is 1. The molecular weight excluding hydrogens is 180 g/mol. The number of aryl methyl sites for hydroxylation is 1. The zero-order valence-corrected chi connectivity index (χ0v) is 8.63. The molecule has 1 aromatic carbocycles. The van der Waals surface area contributed by atoms with Crippen LogP contribution in [-0.2, 0) is 16.0 Å². The second-order valence-electron chi connectivity index (χ2n) is 3.31. The largest absolute Gasteiger partial charge is 0.508 e. The highest BCUT2D eigenvalue weighted by molar-refractivity contribution is 5.72. The molecule has 0 saturated heterocycles. The zero-order valence-electron chi connectivity index (χ0n) is 8.63. The molecule has 0 heterocycles. The number of benzene rings is 1. The maximum absolute atomic E-state index is 11.0. The van der Waals surface area contributed by atoms with Crippen LogP contribution in [0.3, 0.4) is 0 Å². The number of ether oxygens (including phenoxy) is 1. The van der Waals surface area contributed by atoms with Gasteiger partial charge < -0.3 is 9.84 Å². The van der Waals surface area contributed by atoms with Crippen molar-refractivity contribution in [1.29, 1.82) is 0 Å². The molecule has 1 N–H and O–H groups in total. The second kappa shape index (κ2) is 4.13. The number of carbonyl (C=O) groups excluding carboxylic acids is 1. The van der Waals surface area contributed by atoms with Crippen LogP contribution in [0.4, 0.5) is 0 Å². The van der Waals surface area contributed by atoms with Gasteiger partial charge in [0, 0.05) is 0 Å². The van der Waals surface area contributed by atoms with Gasteiger partial charge in [-0.1, -0.05) is 6.07 Å². The van der Waals surface area contributed by atoms with Crippen molar-refractivity contribution >= 4 is 5.97 Å². The third-order valence-corrected chi connectivity index (χ3v) is 2.28. The SMILES string of the molecule is COC(=O)Cc1cc(C)c(C)c(O)c1. The molecule has 1 aromatic rings. The first kappa shape index (κ1) is 10.6. The summed E-state index contributed by atoms with van der Waals surface area (Å²) in [6.07, 6.45) is 0.200. The van der Waals surface area contributed by atoms with E-state index >= 15 is 0 Å². The van der Waals surface area contributed by atoms with E-state index < -0.39 is 0 Å². The molecule has 3 heteroatoms. The van der Waals surface area contributed by atoms with Crippen molar-refractivity contribution in [2.75, 3.05) is 7.11 Å². The van der Waals surface area contributed by atoms with E-state index in [9.17, 15) is 9.90 Å². The lowest BCUT2D eigenvalue weighted by molar-refractivity contribution is -0.139. The molecule has 0 radical (unpaired) electrons. The molecule has 1 rings (SSSR count). The van der Waals surface area contributed by atoms with E-state index in [2.05, 4.69) is 4.74 Å². The van der Waals surface area contributed by atoms with E-state index in [0.717, 1.165) is 16.7 Å². The maximum Gasteiger partial charge on any atom is 0.309 e. The number of hydrogen-bond donors (Lipinski definition) is 1. The van der Waals surface area contributed by atoms with Crippen LogP contribution in [0.2, 0.25) is 0 Å². The molecule has 0 saturated carbocycles. The van der Waals surface area contributed by atoms with Gasteiger partial charge >= 0.3 is 5.97 Å². The third-order valence-electron chi connectivity index (χ3n) is 2.28. The van der Waals surface area contributed by atoms with Gasteiger partial charge in [0.2, 0.25) is 0 Å². The Balaban J connectivity index is 2.95. The minimum atomic E-state index is -0.298. The molecule has 0 amide bonds. The van der Waals surface area contributed by atoms with Crippen molar-refractivity contribution in [3.8, 4) is 5.75 Å². The number of phenols is 1. The van der Waals surface area contributed by atoms with Gasteiger partial charge in [-0.15, -0.1) is 0 Å². The highest BCUT2D eigenvalue weighted by Gasteiger charge is 2.07. The highest BCUT2D eigenvalue weighted by atomic mass is 16.5. The van der Waals surface area contributed by atoms with Gasteiger partial charge in [0.05, 0.1) is 13.5 Å². The van der Waals surface area contributed by atoms with Gasteiger partial charge in [-0.2, -0.15) is 0 Å². The van der Waals surface area contributed by atoms with Crippen LogP contribution in [0.1, 0.15) is 16.7 Å². The number of rotatable bonds is 2. The molecular formula is C11H14O3. The topological polar surface area (TPSA) is 46.5 Å². The average Bonchev–Trinajstić information content (AvgIpc) is 2.14. The van der Waals surface area contributed by atoms with Crippen LogP contribution >= 0.6 is 0 Å². The molecule has 0 spiro atoms. The lowest BCUT2D eigenvalue weighted by atomic mass is 10.0. The predicted octanol–water partition coefficient (Wildman–Crippen LogP) is 1.72. The monoisotopic (exact) mass is 194 g/mol. The average molecular weight is 194 g/mol. The van der Waals surface area contributed by atoms with Crippen molar-refractivity contribution in [3.63, 3.8) is 0 Å². The molecule has 0 aromatic heterocycles. The Kier molecular flexibility index (Phi) is 3.12. The van der Waals surface area contributed by atoms with Crippen LogP contribution in [-0.4, -0.2) is 18.2 Å². The molecule has 76 valence electrons. The lowest BCUT2D eigenvalue weighted by Gasteiger charge is -2.06. The molecule has 0 aliphatic carbocycles. The molecule has 0 atom stereocenters. The molecule has 0 fully saturated rings. The summed E-state index contributed by atoms with van der Waals surface area (Å²) in [5, 5.41) is 9.51. The first-order chi connectivity index (χ1) is 6.54. The standard InChI is InChI=1S/C11H14O3/c1-7-4-9(6-11(13)14-3)5-10(12)8(7)2/h4-5,12H,6H2,1-3H3. The first-order valence-corrected chi connectivity index (χ1v) is 4.40. The van der Waals surface area contributed by atoms with Crippen molar-refractivity contribution in [2.24, 2.45) is 0 Å². The van der Waals surface area contributed by atoms with Crippen molar-refractivity contribution in [2.45, 2.75) is 20.3 Å². The Morgan fingerprint density at radius 3 is 2.57 bits per heavy atom. The van der Waals surface area contributed by atoms with Gasteiger partial charge in [0.1, 0.15) is 5.75 Å². The van der Waals surface area contributed by atoms with Gasteiger partial charge in [0.25, 0.3) is 0 Å². The van der Waals surface area contributed by atoms with E-state index in [1.807, 2.05) is 19.9 Å². The van der Waals surface area contributed by atoms with Gasteiger partial charge in [0.15, 0.2) is 0 Å². The quantitative estimate of drug-likeness (QED) is 0.729. The fourth-order valence-corrected chi connectivity index (χ4v) is 1.25. The third kappa shape index (κ3) is 2.25. The molecule has 14 heavy (non-hydrogen) atoms. The van der Waals surface area contributed by atoms with E-state index in [4.69, 9.17) is 0 Å². The molecule has 0 unspecified atom stereocenters. The van der Waals surface area contributed by atoms with Gasteiger partial charge in [-0.25, -0.2) is 0 Å². The van der Waals surface area contributed by atoms with Crippen molar-refractivity contribution in [1.82, 2.24) is 0 Å². The smallest absolute Gasteiger partial charge is 0.309 e. The summed E-state index contributed by atoms with van der Waals surface area (Å²) in [5.74, 6) is -0.0726. The Labute approximate surface area is 83.3 Å². The lowest BCUT2D eigenvalue weighted by Crippen LogP contribution is -2.04. The minimum absolute atomic E-state index is 0.200. The normalized spacial score (nSPS) is 9.93. The van der Waals surface area contributed by atoms with Gasteiger partial charge in [-0.3, -0.25) is 4.79 Å². The van der Waals surface area contributed by atoms with Gasteiger partial charge in [-0.05, 0) is 36.6 Å². The minimum Gasteiger partial charge on any atom is -0.508 e. The molecule has 0 aliphatic heterocycles. The molecule has 3 nitrogen and oxygen atoms in total. The Hall–Kier alpha value is -1.51. The zero-order chi connectivity index (χ0) is 10.7. The highest BCUT2D eigenvalue weighted by Crippen LogP contribution is 2.22. The molecule has 0 bridgehead atoms. The summed E-state index contributed by atoms with van der Waals surface area (Å²) in [6.45, 7) is 3.74. The van der Waals surface area contributed by atoms with E-state index in [0.29, 0.717) is 0 Å². The Bertz CT molecular complexity index is 333. The summed E-state index contributed by atoms with van der Waals surface area (Å²) in [6, 6.07) is 3.48. The van der Waals surface area contributed by atoms with Crippen molar-refractivity contribution in [3.05, 3.63) is 28.8 Å². The number of methoxy groups -OCH3 is 1. The summed E-state index contributed by atoms with van der Waals surface area (Å²) in [4.78, 5) is 11.0. The fraction of sp³-hybridized carbons (Fsp3) is 0.364. The number of esters is 1. The summed E-state index contributed by atoms with van der Waals surface area (Å²) < 4.78 is 4.54. The number of aromatic hydroxyl groups is 1.